The summed E-state index contributed by atoms with van der Waals surface area (Å²) in [6.45, 7) is 2.59. The first-order chi connectivity index (χ1) is 7.63. The summed E-state index contributed by atoms with van der Waals surface area (Å²) in [5.41, 5.74) is 0.920. The standard InChI is InChI=1S/C12H16BrF2N/c1-2-6-16-11(12(14)15)8-9-4-3-5-10(13)7-9/h3-5,7,11-12,16H,2,6,8H2,1H3. The van der Waals surface area contributed by atoms with Gasteiger partial charge in [0, 0.05) is 4.47 Å². The van der Waals surface area contributed by atoms with E-state index >= 15 is 0 Å². The molecule has 0 aliphatic heterocycles. The van der Waals surface area contributed by atoms with Crippen molar-refractivity contribution in [2.24, 2.45) is 0 Å². The van der Waals surface area contributed by atoms with E-state index in [1.807, 2.05) is 31.2 Å². The lowest BCUT2D eigenvalue weighted by molar-refractivity contribution is 0.0983. The first kappa shape index (κ1) is 13.6. The number of hydrogen-bond donors (Lipinski definition) is 1. The Bertz CT molecular complexity index is 318. The van der Waals surface area contributed by atoms with Gasteiger partial charge in [-0.05, 0) is 37.1 Å². The molecule has 1 unspecified atom stereocenters. The minimum atomic E-state index is -2.33. The maximum atomic E-state index is 12.7. The molecule has 1 atom stereocenters. The molecule has 1 aromatic rings. The van der Waals surface area contributed by atoms with Crippen LogP contribution in [0, 0.1) is 0 Å². The fraction of sp³-hybridized carbons (Fsp3) is 0.500. The third kappa shape index (κ3) is 4.58. The molecule has 0 heterocycles. The molecule has 0 saturated heterocycles. The van der Waals surface area contributed by atoms with Crippen LogP contribution in [0.25, 0.3) is 0 Å². The van der Waals surface area contributed by atoms with E-state index in [-0.39, 0.29) is 0 Å². The van der Waals surface area contributed by atoms with Crippen molar-refractivity contribution in [3.8, 4) is 0 Å². The molecule has 0 aromatic heterocycles. The molecule has 1 aromatic carbocycles. The lowest BCUT2D eigenvalue weighted by Crippen LogP contribution is -2.37. The monoisotopic (exact) mass is 291 g/mol. The van der Waals surface area contributed by atoms with E-state index in [4.69, 9.17) is 0 Å². The highest BCUT2D eigenvalue weighted by atomic mass is 79.9. The van der Waals surface area contributed by atoms with Crippen molar-refractivity contribution < 1.29 is 8.78 Å². The Labute approximate surface area is 103 Å². The second kappa shape index (κ2) is 6.97. The second-order valence-electron chi connectivity index (χ2n) is 3.73. The predicted molar refractivity (Wildman–Crippen MR) is 65.9 cm³/mol. The molecule has 1 nitrogen and oxygen atoms in total. The molecule has 0 aliphatic rings. The quantitative estimate of drug-likeness (QED) is 0.844. The van der Waals surface area contributed by atoms with Crippen LogP contribution in [0.3, 0.4) is 0 Å². The van der Waals surface area contributed by atoms with Crippen molar-refractivity contribution in [1.82, 2.24) is 5.32 Å². The average molecular weight is 292 g/mol. The Morgan fingerprint density at radius 1 is 1.38 bits per heavy atom. The van der Waals surface area contributed by atoms with Crippen LogP contribution in [0.2, 0.25) is 0 Å². The van der Waals surface area contributed by atoms with Gasteiger partial charge in [0.2, 0.25) is 0 Å². The third-order valence-electron chi connectivity index (χ3n) is 2.31. The summed E-state index contributed by atoms with van der Waals surface area (Å²) >= 11 is 3.33. The van der Waals surface area contributed by atoms with Crippen molar-refractivity contribution >= 4 is 15.9 Å². The Balaban J connectivity index is 2.60. The zero-order valence-electron chi connectivity index (χ0n) is 9.22. The van der Waals surface area contributed by atoms with Gasteiger partial charge in [-0.2, -0.15) is 0 Å². The van der Waals surface area contributed by atoms with Gasteiger partial charge in [0.25, 0.3) is 6.43 Å². The van der Waals surface area contributed by atoms with E-state index in [0.717, 1.165) is 16.5 Å². The summed E-state index contributed by atoms with van der Waals surface area (Å²) in [5.74, 6) is 0. The normalized spacial score (nSPS) is 13.1. The maximum Gasteiger partial charge on any atom is 0.254 e. The van der Waals surface area contributed by atoms with Crippen molar-refractivity contribution in [2.75, 3.05) is 6.54 Å². The second-order valence-corrected chi connectivity index (χ2v) is 4.64. The highest BCUT2D eigenvalue weighted by Crippen LogP contribution is 2.15. The van der Waals surface area contributed by atoms with E-state index in [1.54, 1.807) is 0 Å². The molecule has 0 radical (unpaired) electrons. The summed E-state index contributed by atoms with van der Waals surface area (Å²) in [6.07, 6.45) is -1.11. The van der Waals surface area contributed by atoms with Crippen LogP contribution in [0.5, 0.6) is 0 Å². The van der Waals surface area contributed by atoms with Crippen LogP contribution < -0.4 is 5.32 Å². The van der Waals surface area contributed by atoms with E-state index in [2.05, 4.69) is 21.2 Å². The molecule has 0 bridgehead atoms. The number of hydrogen-bond acceptors (Lipinski definition) is 1. The van der Waals surface area contributed by atoms with Crippen molar-refractivity contribution in [3.63, 3.8) is 0 Å². The van der Waals surface area contributed by atoms with E-state index in [1.165, 1.54) is 0 Å². The molecule has 0 spiro atoms. The SMILES string of the molecule is CCCNC(Cc1cccc(Br)c1)C(F)F. The van der Waals surface area contributed by atoms with Gasteiger partial charge >= 0.3 is 0 Å². The summed E-state index contributed by atoms with van der Waals surface area (Å²) < 4.78 is 26.4. The van der Waals surface area contributed by atoms with Gasteiger partial charge in [-0.1, -0.05) is 35.0 Å². The van der Waals surface area contributed by atoms with E-state index in [0.29, 0.717) is 13.0 Å². The highest BCUT2D eigenvalue weighted by molar-refractivity contribution is 9.10. The summed E-state index contributed by atoms with van der Waals surface area (Å²) in [6, 6.07) is 6.74. The lowest BCUT2D eigenvalue weighted by atomic mass is 10.1. The van der Waals surface area contributed by atoms with Crippen LogP contribution in [-0.2, 0) is 6.42 Å². The first-order valence-corrected chi connectivity index (χ1v) is 6.18. The van der Waals surface area contributed by atoms with Crippen LogP contribution in [0.4, 0.5) is 8.78 Å². The predicted octanol–water partition coefficient (Wildman–Crippen LogP) is 3.62. The minimum Gasteiger partial charge on any atom is -0.309 e. The van der Waals surface area contributed by atoms with Gasteiger partial charge < -0.3 is 5.32 Å². The van der Waals surface area contributed by atoms with Crippen LogP contribution in [-0.4, -0.2) is 19.0 Å². The van der Waals surface area contributed by atoms with Crippen molar-refractivity contribution in [3.05, 3.63) is 34.3 Å². The Morgan fingerprint density at radius 2 is 2.12 bits per heavy atom. The van der Waals surface area contributed by atoms with Gasteiger partial charge in [0.1, 0.15) is 0 Å². The largest absolute Gasteiger partial charge is 0.309 e. The fourth-order valence-corrected chi connectivity index (χ4v) is 1.94. The van der Waals surface area contributed by atoms with Gasteiger partial charge in [0.15, 0.2) is 0 Å². The summed E-state index contributed by atoms with van der Waals surface area (Å²) in [4.78, 5) is 0. The first-order valence-electron chi connectivity index (χ1n) is 5.39. The molecule has 1 N–H and O–H groups in total. The topological polar surface area (TPSA) is 12.0 Å². The highest BCUT2D eigenvalue weighted by Gasteiger charge is 2.19. The van der Waals surface area contributed by atoms with Gasteiger partial charge in [0.05, 0.1) is 6.04 Å². The van der Waals surface area contributed by atoms with Crippen LogP contribution in [0.15, 0.2) is 28.7 Å². The summed E-state index contributed by atoms with van der Waals surface area (Å²) in [7, 11) is 0. The Morgan fingerprint density at radius 3 is 2.69 bits per heavy atom. The number of alkyl halides is 2. The molecule has 16 heavy (non-hydrogen) atoms. The van der Waals surface area contributed by atoms with Gasteiger partial charge in [-0.25, -0.2) is 8.78 Å². The molecular weight excluding hydrogens is 276 g/mol. The average Bonchev–Trinajstić information content (AvgIpc) is 2.24. The van der Waals surface area contributed by atoms with Gasteiger partial charge in [-0.3, -0.25) is 0 Å². The number of nitrogens with one attached hydrogen (secondary N) is 1. The molecule has 0 amide bonds. The molecular formula is C12H16BrF2N. The Kier molecular flexibility index (Phi) is 5.91. The van der Waals surface area contributed by atoms with Crippen LogP contribution in [0.1, 0.15) is 18.9 Å². The molecule has 0 saturated carbocycles. The smallest absolute Gasteiger partial charge is 0.254 e. The molecule has 0 aliphatic carbocycles. The molecule has 0 fully saturated rings. The maximum absolute atomic E-state index is 12.7. The fourth-order valence-electron chi connectivity index (χ4n) is 1.50. The number of benzene rings is 1. The van der Waals surface area contributed by atoms with Crippen LogP contribution >= 0.6 is 15.9 Å². The lowest BCUT2D eigenvalue weighted by Gasteiger charge is -2.17. The molecule has 1 rings (SSSR count). The third-order valence-corrected chi connectivity index (χ3v) is 2.80. The summed E-state index contributed by atoms with van der Waals surface area (Å²) in [5, 5.41) is 2.87. The van der Waals surface area contributed by atoms with Gasteiger partial charge in [-0.15, -0.1) is 0 Å². The van der Waals surface area contributed by atoms with E-state index in [9.17, 15) is 8.78 Å². The van der Waals surface area contributed by atoms with Crippen molar-refractivity contribution in [1.29, 1.82) is 0 Å². The number of halogens is 3. The number of rotatable bonds is 6. The minimum absolute atomic E-state index is 0.358. The molecule has 4 heteroatoms. The van der Waals surface area contributed by atoms with E-state index < -0.39 is 12.5 Å². The zero-order chi connectivity index (χ0) is 12.0. The van der Waals surface area contributed by atoms with Crippen molar-refractivity contribution in [2.45, 2.75) is 32.2 Å². The Hall–Kier alpha value is -0.480. The molecule has 90 valence electrons. The zero-order valence-corrected chi connectivity index (χ0v) is 10.8.